The maximum Gasteiger partial charge on any atom is 0.309 e. The molecule has 0 bridgehead atoms. The summed E-state index contributed by atoms with van der Waals surface area (Å²) in [6.45, 7) is 3.60. The lowest BCUT2D eigenvalue weighted by molar-refractivity contribution is -0.149. The molecule has 108 valence electrons. The zero-order valence-corrected chi connectivity index (χ0v) is 12.2. The molecule has 1 aliphatic carbocycles. The van der Waals surface area contributed by atoms with E-state index in [0.717, 1.165) is 37.7 Å². The van der Waals surface area contributed by atoms with Gasteiger partial charge in [-0.05, 0) is 44.1 Å². The third kappa shape index (κ3) is 2.77. The predicted octanol–water partition coefficient (Wildman–Crippen LogP) is 4.03. The van der Waals surface area contributed by atoms with Crippen molar-refractivity contribution in [2.75, 3.05) is 0 Å². The smallest absolute Gasteiger partial charge is 0.309 e. The van der Waals surface area contributed by atoms with Gasteiger partial charge in [0.2, 0.25) is 0 Å². The molecule has 3 heteroatoms. The summed E-state index contributed by atoms with van der Waals surface area (Å²) in [7, 11) is 0. The van der Waals surface area contributed by atoms with E-state index in [1.165, 1.54) is 0 Å². The first-order valence-corrected chi connectivity index (χ1v) is 7.33. The zero-order valence-electron chi connectivity index (χ0n) is 12.2. The Kier molecular flexibility index (Phi) is 4.26. The van der Waals surface area contributed by atoms with Gasteiger partial charge in [-0.1, -0.05) is 37.6 Å². The van der Waals surface area contributed by atoms with E-state index >= 15 is 0 Å². The van der Waals surface area contributed by atoms with Crippen molar-refractivity contribution in [2.45, 2.75) is 51.9 Å². The molecule has 1 saturated carbocycles. The van der Waals surface area contributed by atoms with Crippen molar-refractivity contribution < 1.29 is 14.7 Å². The second kappa shape index (κ2) is 5.78. The summed E-state index contributed by atoms with van der Waals surface area (Å²) in [6, 6.07) is 7.65. The molecule has 0 saturated heterocycles. The second-order valence-corrected chi connectivity index (χ2v) is 5.95. The highest BCUT2D eigenvalue weighted by molar-refractivity contribution is 5.94. The summed E-state index contributed by atoms with van der Waals surface area (Å²) < 4.78 is 0. The maximum absolute atomic E-state index is 11.6. The highest BCUT2D eigenvalue weighted by atomic mass is 16.4. The molecule has 3 nitrogen and oxygen atoms in total. The summed E-state index contributed by atoms with van der Waals surface area (Å²) >= 11 is 0. The van der Waals surface area contributed by atoms with Crippen molar-refractivity contribution in [1.82, 2.24) is 0 Å². The van der Waals surface area contributed by atoms with Crippen LogP contribution in [0.5, 0.6) is 0 Å². The average Bonchev–Trinajstić information content (AvgIpc) is 2.85. The lowest BCUT2D eigenvalue weighted by Gasteiger charge is -2.23. The van der Waals surface area contributed by atoms with Crippen molar-refractivity contribution in [3.8, 4) is 0 Å². The number of hydrogen-bond acceptors (Lipinski definition) is 2. The summed E-state index contributed by atoms with van der Waals surface area (Å²) in [5, 5.41) is 9.53. The summed E-state index contributed by atoms with van der Waals surface area (Å²) in [6.07, 6.45) is 4.06. The molecule has 1 aromatic rings. The third-order valence-corrected chi connectivity index (χ3v) is 4.58. The van der Waals surface area contributed by atoms with Crippen LogP contribution in [0.4, 0.5) is 0 Å². The second-order valence-electron chi connectivity index (χ2n) is 5.95. The van der Waals surface area contributed by atoms with Gasteiger partial charge in [-0.2, -0.15) is 0 Å². The number of carboxylic acid groups (broad SMARTS) is 1. The first-order chi connectivity index (χ1) is 9.48. The Morgan fingerprint density at radius 2 is 1.95 bits per heavy atom. The minimum absolute atomic E-state index is 0.0637. The van der Waals surface area contributed by atoms with Crippen molar-refractivity contribution in [1.29, 1.82) is 0 Å². The first kappa shape index (κ1) is 14.8. The van der Waals surface area contributed by atoms with Gasteiger partial charge in [-0.25, -0.2) is 0 Å². The molecule has 0 aromatic heterocycles. The predicted molar refractivity (Wildman–Crippen MR) is 78.0 cm³/mol. The van der Waals surface area contributed by atoms with Crippen LogP contribution in [0.25, 0.3) is 0 Å². The summed E-state index contributed by atoms with van der Waals surface area (Å²) in [4.78, 5) is 22.9. The summed E-state index contributed by atoms with van der Waals surface area (Å²) in [5.41, 5.74) is 1.33. The van der Waals surface area contributed by atoms with Crippen molar-refractivity contribution in [3.63, 3.8) is 0 Å². The third-order valence-electron chi connectivity index (χ3n) is 4.58. The van der Waals surface area contributed by atoms with Crippen LogP contribution in [0.3, 0.4) is 0 Å². The molecule has 2 atom stereocenters. The molecule has 2 rings (SSSR count). The Morgan fingerprint density at radius 1 is 1.30 bits per heavy atom. The Morgan fingerprint density at radius 3 is 2.45 bits per heavy atom. The minimum atomic E-state index is -0.651. The van der Waals surface area contributed by atoms with Gasteiger partial charge in [0.05, 0.1) is 5.41 Å². The molecule has 1 aromatic carbocycles. The van der Waals surface area contributed by atoms with E-state index < -0.39 is 11.4 Å². The minimum Gasteiger partial charge on any atom is -0.481 e. The molecular weight excluding hydrogens is 252 g/mol. The Balaban J connectivity index is 2.15. The zero-order chi connectivity index (χ0) is 14.8. The molecular formula is C17H22O3. The lowest BCUT2D eigenvalue weighted by atomic mass is 9.80. The van der Waals surface area contributed by atoms with Crippen LogP contribution < -0.4 is 0 Å². The van der Waals surface area contributed by atoms with Crippen molar-refractivity contribution in [2.24, 2.45) is 5.41 Å². The van der Waals surface area contributed by atoms with Gasteiger partial charge in [0.1, 0.15) is 0 Å². The van der Waals surface area contributed by atoms with Crippen LogP contribution in [0.1, 0.15) is 67.8 Å². The first-order valence-electron chi connectivity index (χ1n) is 7.33. The monoisotopic (exact) mass is 274 g/mol. The van der Waals surface area contributed by atoms with Gasteiger partial charge in [0.15, 0.2) is 5.78 Å². The molecule has 0 spiro atoms. The van der Waals surface area contributed by atoms with Gasteiger partial charge in [0.25, 0.3) is 0 Å². The van der Waals surface area contributed by atoms with E-state index in [0.29, 0.717) is 11.5 Å². The quantitative estimate of drug-likeness (QED) is 0.825. The van der Waals surface area contributed by atoms with Crippen LogP contribution in [-0.4, -0.2) is 16.9 Å². The molecule has 0 heterocycles. The number of hydrogen-bond donors (Lipinski definition) is 1. The molecule has 0 aliphatic heterocycles. The molecule has 1 fully saturated rings. The van der Waals surface area contributed by atoms with Crippen LogP contribution in [-0.2, 0) is 4.79 Å². The van der Waals surface area contributed by atoms with E-state index in [1.807, 2.05) is 31.2 Å². The number of carbonyl (C=O) groups excluding carboxylic acids is 1. The molecule has 2 unspecified atom stereocenters. The topological polar surface area (TPSA) is 54.4 Å². The van der Waals surface area contributed by atoms with E-state index in [1.54, 1.807) is 6.92 Å². The van der Waals surface area contributed by atoms with E-state index in [2.05, 4.69) is 0 Å². The highest BCUT2D eigenvalue weighted by Crippen LogP contribution is 2.49. The number of Topliss-reactive ketones (excluding diaryl/α,β-unsaturated/α-hetero) is 1. The Bertz CT molecular complexity index is 503. The number of carboxylic acids is 1. The fourth-order valence-electron chi connectivity index (χ4n) is 3.41. The van der Waals surface area contributed by atoms with Crippen LogP contribution in [0.15, 0.2) is 24.3 Å². The van der Waals surface area contributed by atoms with E-state index in [-0.39, 0.29) is 5.78 Å². The van der Waals surface area contributed by atoms with Gasteiger partial charge in [-0.15, -0.1) is 0 Å². The largest absolute Gasteiger partial charge is 0.481 e. The normalized spacial score (nSPS) is 25.6. The highest BCUT2D eigenvalue weighted by Gasteiger charge is 2.44. The number of ketones is 1. The van der Waals surface area contributed by atoms with Gasteiger partial charge in [0, 0.05) is 5.56 Å². The van der Waals surface area contributed by atoms with Gasteiger partial charge >= 0.3 is 5.97 Å². The van der Waals surface area contributed by atoms with Gasteiger partial charge in [-0.3, -0.25) is 9.59 Å². The average molecular weight is 274 g/mol. The van der Waals surface area contributed by atoms with Crippen LogP contribution >= 0.6 is 0 Å². The summed E-state index contributed by atoms with van der Waals surface area (Å²) in [5.74, 6) is -0.283. The molecule has 0 amide bonds. The van der Waals surface area contributed by atoms with Gasteiger partial charge < -0.3 is 5.11 Å². The lowest BCUT2D eigenvalue weighted by Crippen LogP contribution is -2.27. The standard InChI is InChI=1S/C17H22O3/c1-3-9-17(16(19)20)10-8-15(11-17)14-6-4-13(5-7-14)12(2)18/h4-7,15H,3,8-11H2,1-2H3,(H,19,20). The van der Waals surface area contributed by atoms with Crippen LogP contribution in [0, 0.1) is 5.41 Å². The SMILES string of the molecule is CCCC1(C(=O)O)CCC(c2ccc(C(C)=O)cc2)C1. The molecule has 1 N–H and O–H groups in total. The maximum atomic E-state index is 11.6. The Hall–Kier alpha value is -1.64. The molecule has 1 aliphatic rings. The fraction of sp³-hybridized carbons (Fsp3) is 0.529. The number of benzene rings is 1. The van der Waals surface area contributed by atoms with Crippen molar-refractivity contribution in [3.05, 3.63) is 35.4 Å². The molecule has 0 radical (unpaired) electrons. The molecule has 20 heavy (non-hydrogen) atoms. The van der Waals surface area contributed by atoms with Crippen molar-refractivity contribution >= 4 is 11.8 Å². The fourth-order valence-corrected chi connectivity index (χ4v) is 3.41. The number of aliphatic carboxylic acids is 1. The van der Waals surface area contributed by atoms with E-state index in [4.69, 9.17) is 0 Å². The van der Waals surface area contributed by atoms with Crippen LogP contribution in [0.2, 0.25) is 0 Å². The Labute approximate surface area is 120 Å². The van der Waals surface area contributed by atoms with E-state index in [9.17, 15) is 14.7 Å². The number of rotatable bonds is 5. The number of carbonyl (C=O) groups is 2.